The first-order valence-corrected chi connectivity index (χ1v) is 6.60. The Morgan fingerprint density at radius 3 is 2.24 bits per heavy atom. The first-order valence-electron chi connectivity index (χ1n) is 6.60. The standard InChI is InChI=1S/C13H23BO3/c1-9-6-7-10(15)8-11(9)14-16-12(2,3)13(4,5)17-14/h9,11H,6-8H2,1-5H3. The fraction of sp³-hybridized carbons (Fsp3) is 0.923. The SMILES string of the molecule is CC1CCC(=O)CC1B1OC(C)(C)C(C)(C)O1. The summed E-state index contributed by atoms with van der Waals surface area (Å²) in [7, 11) is -0.223. The fourth-order valence-electron chi connectivity index (χ4n) is 2.60. The summed E-state index contributed by atoms with van der Waals surface area (Å²) < 4.78 is 12.1. The van der Waals surface area contributed by atoms with Crippen molar-refractivity contribution in [2.24, 2.45) is 5.92 Å². The van der Waals surface area contributed by atoms with Gasteiger partial charge in [-0.25, -0.2) is 0 Å². The van der Waals surface area contributed by atoms with Crippen molar-refractivity contribution in [3.8, 4) is 0 Å². The van der Waals surface area contributed by atoms with Gasteiger partial charge in [-0.3, -0.25) is 4.79 Å². The maximum atomic E-state index is 11.6. The molecule has 2 rings (SSSR count). The Morgan fingerprint density at radius 1 is 1.18 bits per heavy atom. The third-order valence-electron chi connectivity index (χ3n) is 4.69. The first kappa shape index (κ1) is 13.1. The van der Waals surface area contributed by atoms with Gasteiger partial charge in [-0.1, -0.05) is 6.92 Å². The lowest BCUT2D eigenvalue weighted by Gasteiger charge is -2.32. The van der Waals surface area contributed by atoms with Crippen molar-refractivity contribution < 1.29 is 14.1 Å². The van der Waals surface area contributed by atoms with Gasteiger partial charge in [0, 0.05) is 18.7 Å². The van der Waals surface area contributed by atoms with Gasteiger partial charge in [-0.15, -0.1) is 0 Å². The Labute approximate surface area is 104 Å². The second-order valence-corrected chi connectivity index (χ2v) is 6.55. The minimum Gasteiger partial charge on any atom is -0.403 e. The van der Waals surface area contributed by atoms with E-state index in [-0.39, 0.29) is 24.1 Å². The molecule has 1 aliphatic carbocycles. The molecular weight excluding hydrogens is 215 g/mol. The van der Waals surface area contributed by atoms with Crippen LogP contribution in [0.5, 0.6) is 0 Å². The van der Waals surface area contributed by atoms with Crippen molar-refractivity contribution in [3.63, 3.8) is 0 Å². The van der Waals surface area contributed by atoms with Crippen molar-refractivity contribution >= 4 is 12.9 Å². The first-order chi connectivity index (χ1) is 7.73. The van der Waals surface area contributed by atoms with Gasteiger partial charge in [-0.05, 0) is 40.0 Å². The fourth-order valence-corrected chi connectivity index (χ4v) is 2.60. The van der Waals surface area contributed by atoms with E-state index < -0.39 is 0 Å². The molecule has 0 radical (unpaired) electrons. The molecule has 0 aromatic rings. The number of Topliss-reactive ketones (excluding diaryl/α,β-unsaturated/α-hetero) is 1. The highest BCUT2D eigenvalue weighted by Crippen LogP contribution is 2.45. The minimum absolute atomic E-state index is 0.220. The van der Waals surface area contributed by atoms with Crippen LogP contribution < -0.4 is 0 Å². The normalized spacial score (nSPS) is 36.3. The van der Waals surface area contributed by atoms with Gasteiger partial charge in [0.25, 0.3) is 0 Å². The molecule has 0 N–H and O–H groups in total. The van der Waals surface area contributed by atoms with Crippen LogP contribution in [0.1, 0.15) is 53.9 Å². The molecule has 1 heterocycles. The molecule has 2 unspecified atom stereocenters. The summed E-state index contributed by atoms with van der Waals surface area (Å²) in [5.41, 5.74) is -0.588. The van der Waals surface area contributed by atoms with E-state index in [4.69, 9.17) is 9.31 Å². The van der Waals surface area contributed by atoms with E-state index in [9.17, 15) is 4.79 Å². The maximum absolute atomic E-state index is 11.6. The summed E-state index contributed by atoms with van der Waals surface area (Å²) in [6, 6.07) is 0. The van der Waals surface area contributed by atoms with E-state index in [1.165, 1.54) is 0 Å². The van der Waals surface area contributed by atoms with Crippen LogP contribution in [0.25, 0.3) is 0 Å². The highest BCUT2D eigenvalue weighted by Gasteiger charge is 2.55. The molecule has 1 saturated heterocycles. The molecule has 96 valence electrons. The monoisotopic (exact) mass is 238 g/mol. The van der Waals surface area contributed by atoms with Crippen molar-refractivity contribution in [3.05, 3.63) is 0 Å². The van der Waals surface area contributed by atoms with Gasteiger partial charge in [0.1, 0.15) is 5.78 Å². The summed E-state index contributed by atoms with van der Waals surface area (Å²) in [5.74, 6) is 1.07. The zero-order valence-electron chi connectivity index (χ0n) is 11.6. The predicted octanol–water partition coefficient (Wildman–Crippen LogP) is 2.84. The Morgan fingerprint density at radius 2 is 1.71 bits per heavy atom. The number of carbonyl (C=O) groups is 1. The van der Waals surface area contributed by atoms with Crippen LogP contribution in [0.2, 0.25) is 5.82 Å². The van der Waals surface area contributed by atoms with Crippen molar-refractivity contribution in [1.82, 2.24) is 0 Å². The summed E-state index contributed by atoms with van der Waals surface area (Å²) in [4.78, 5) is 11.6. The topological polar surface area (TPSA) is 35.5 Å². The Bertz CT molecular complexity index is 309. The van der Waals surface area contributed by atoms with Crippen LogP contribution in [0.4, 0.5) is 0 Å². The number of rotatable bonds is 1. The minimum atomic E-state index is -0.294. The molecular formula is C13H23BO3. The largest absolute Gasteiger partial charge is 0.461 e. The highest BCUT2D eigenvalue weighted by atomic mass is 16.7. The van der Waals surface area contributed by atoms with E-state index in [1.807, 2.05) is 0 Å². The lowest BCUT2D eigenvalue weighted by atomic mass is 9.59. The second-order valence-electron chi connectivity index (χ2n) is 6.55. The zero-order chi connectivity index (χ0) is 12.8. The van der Waals surface area contributed by atoms with Gasteiger partial charge < -0.3 is 9.31 Å². The van der Waals surface area contributed by atoms with E-state index in [0.717, 1.165) is 12.8 Å². The van der Waals surface area contributed by atoms with E-state index in [2.05, 4.69) is 34.6 Å². The van der Waals surface area contributed by atoms with Gasteiger partial charge in [-0.2, -0.15) is 0 Å². The lowest BCUT2D eigenvalue weighted by Crippen LogP contribution is -2.41. The van der Waals surface area contributed by atoms with Crippen molar-refractivity contribution in [2.75, 3.05) is 0 Å². The van der Waals surface area contributed by atoms with Crippen LogP contribution in [-0.4, -0.2) is 24.1 Å². The number of hydrogen-bond acceptors (Lipinski definition) is 3. The molecule has 1 saturated carbocycles. The third-order valence-corrected chi connectivity index (χ3v) is 4.69. The average Bonchev–Trinajstić information content (AvgIpc) is 2.40. The molecule has 2 fully saturated rings. The summed E-state index contributed by atoms with van der Waals surface area (Å²) in [6.07, 6.45) is 2.29. The molecule has 0 aromatic carbocycles. The van der Waals surface area contributed by atoms with E-state index >= 15 is 0 Å². The highest BCUT2D eigenvalue weighted by molar-refractivity contribution is 6.48. The van der Waals surface area contributed by atoms with Crippen molar-refractivity contribution in [2.45, 2.75) is 70.9 Å². The zero-order valence-corrected chi connectivity index (χ0v) is 11.6. The number of ketones is 1. The molecule has 0 amide bonds. The van der Waals surface area contributed by atoms with E-state index in [1.54, 1.807) is 0 Å². The second kappa shape index (κ2) is 4.09. The molecule has 2 atom stereocenters. The van der Waals surface area contributed by atoms with Crippen LogP contribution in [0, 0.1) is 5.92 Å². The van der Waals surface area contributed by atoms with Crippen LogP contribution in [0.3, 0.4) is 0 Å². The third kappa shape index (κ3) is 2.30. The van der Waals surface area contributed by atoms with Gasteiger partial charge in [0.2, 0.25) is 0 Å². The summed E-state index contributed by atoms with van der Waals surface area (Å²) in [6.45, 7) is 10.4. The van der Waals surface area contributed by atoms with Crippen LogP contribution >= 0.6 is 0 Å². The van der Waals surface area contributed by atoms with Crippen molar-refractivity contribution in [1.29, 1.82) is 0 Å². The molecule has 1 aliphatic heterocycles. The molecule has 4 heteroatoms. The molecule has 17 heavy (non-hydrogen) atoms. The maximum Gasteiger partial charge on any atom is 0.461 e. The van der Waals surface area contributed by atoms with Gasteiger partial charge >= 0.3 is 7.12 Å². The van der Waals surface area contributed by atoms with Gasteiger partial charge in [0.15, 0.2) is 0 Å². The molecule has 3 nitrogen and oxygen atoms in total. The lowest BCUT2D eigenvalue weighted by molar-refractivity contribution is -0.121. The van der Waals surface area contributed by atoms with Crippen LogP contribution in [0.15, 0.2) is 0 Å². The average molecular weight is 238 g/mol. The smallest absolute Gasteiger partial charge is 0.403 e. The summed E-state index contributed by atoms with van der Waals surface area (Å²) in [5, 5.41) is 0. The molecule has 0 aromatic heterocycles. The number of hydrogen-bond donors (Lipinski definition) is 0. The van der Waals surface area contributed by atoms with Crippen LogP contribution in [-0.2, 0) is 14.1 Å². The van der Waals surface area contributed by atoms with E-state index in [0.29, 0.717) is 18.1 Å². The molecule has 0 bridgehead atoms. The predicted molar refractivity (Wildman–Crippen MR) is 67.9 cm³/mol. The van der Waals surface area contributed by atoms with Gasteiger partial charge in [0.05, 0.1) is 11.2 Å². The Hall–Kier alpha value is -0.345. The molecule has 0 spiro atoms. The Balaban J connectivity index is 2.12. The summed E-state index contributed by atoms with van der Waals surface area (Å²) >= 11 is 0. The Kier molecular flexibility index (Phi) is 3.15. The quantitative estimate of drug-likeness (QED) is 0.659. The molecule has 2 aliphatic rings. The number of carbonyl (C=O) groups excluding carboxylic acids is 1.